The second-order valence-corrected chi connectivity index (χ2v) is 3.63. The monoisotopic (exact) mass is 256 g/mol. The highest BCUT2D eigenvalue weighted by Gasteiger charge is 2.18. The molecule has 0 aromatic heterocycles. The van der Waals surface area contributed by atoms with Crippen LogP contribution in [0.4, 0.5) is 10.1 Å². The third-order valence-corrected chi connectivity index (χ3v) is 2.41. The van der Waals surface area contributed by atoms with Crippen LogP contribution in [-0.4, -0.2) is 24.0 Å². The molecule has 0 bridgehead atoms. The smallest absolute Gasteiger partial charge is 0.322 e. The summed E-state index contributed by atoms with van der Waals surface area (Å²) in [6, 6.07) is 3.27. The summed E-state index contributed by atoms with van der Waals surface area (Å²) in [5.41, 5.74) is -0.458. The molecular weight excluding hydrogens is 243 g/mol. The Morgan fingerprint density at radius 2 is 2.28 bits per heavy atom. The van der Waals surface area contributed by atoms with E-state index in [9.17, 15) is 19.3 Å². The second-order valence-electron chi connectivity index (χ2n) is 3.63. The molecule has 0 saturated heterocycles. The van der Waals surface area contributed by atoms with Gasteiger partial charge in [0.25, 0.3) is 0 Å². The highest BCUT2D eigenvalue weighted by atomic mass is 19.1. The van der Waals surface area contributed by atoms with E-state index in [2.05, 4.69) is 10.1 Å². The molecule has 0 saturated carbocycles. The molecular formula is C11H13FN2O4. The van der Waals surface area contributed by atoms with E-state index in [1.807, 2.05) is 0 Å². The largest absolute Gasteiger partial charge is 0.468 e. The van der Waals surface area contributed by atoms with Gasteiger partial charge in [-0.05, 0) is 6.92 Å². The van der Waals surface area contributed by atoms with Gasteiger partial charge in [0, 0.05) is 18.2 Å². The molecule has 0 heterocycles. The molecule has 7 heteroatoms. The van der Waals surface area contributed by atoms with Gasteiger partial charge >= 0.3 is 11.7 Å². The second kappa shape index (κ2) is 6.06. The molecule has 1 atom stereocenters. The van der Waals surface area contributed by atoms with Crippen LogP contribution in [0.3, 0.4) is 0 Å². The lowest BCUT2D eigenvalue weighted by atomic mass is 10.1. The third kappa shape index (κ3) is 3.24. The SMILES string of the molecule is COC(=O)C(C)NCc1cccc([N+](=O)[O-])c1F. The van der Waals surface area contributed by atoms with Crippen LogP contribution in [-0.2, 0) is 16.1 Å². The van der Waals surface area contributed by atoms with E-state index in [-0.39, 0.29) is 12.1 Å². The highest BCUT2D eigenvalue weighted by molar-refractivity contribution is 5.75. The summed E-state index contributed by atoms with van der Waals surface area (Å²) in [6.07, 6.45) is 0. The molecule has 1 aromatic carbocycles. The van der Waals surface area contributed by atoms with Crippen LogP contribution in [0.1, 0.15) is 12.5 Å². The number of benzene rings is 1. The first-order valence-corrected chi connectivity index (χ1v) is 5.20. The van der Waals surface area contributed by atoms with Crippen molar-refractivity contribution in [1.82, 2.24) is 5.32 Å². The molecule has 0 fully saturated rings. The number of halogens is 1. The van der Waals surface area contributed by atoms with E-state index in [0.717, 1.165) is 6.07 Å². The van der Waals surface area contributed by atoms with Crippen LogP contribution in [0.15, 0.2) is 18.2 Å². The van der Waals surface area contributed by atoms with Crippen LogP contribution in [0.25, 0.3) is 0 Å². The van der Waals surface area contributed by atoms with Gasteiger partial charge in [0.05, 0.1) is 12.0 Å². The Labute approximate surface area is 103 Å². The summed E-state index contributed by atoms with van der Waals surface area (Å²) in [4.78, 5) is 20.9. The molecule has 0 aliphatic rings. The maximum Gasteiger partial charge on any atom is 0.322 e. The lowest BCUT2D eigenvalue weighted by Gasteiger charge is -2.11. The third-order valence-electron chi connectivity index (χ3n) is 2.41. The zero-order valence-electron chi connectivity index (χ0n) is 9.97. The van der Waals surface area contributed by atoms with Crippen LogP contribution in [0.5, 0.6) is 0 Å². The first-order chi connectivity index (χ1) is 8.47. The van der Waals surface area contributed by atoms with Gasteiger partial charge in [0.1, 0.15) is 6.04 Å². The Balaban J connectivity index is 2.77. The molecule has 1 aromatic rings. The molecule has 0 radical (unpaired) electrons. The minimum Gasteiger partial charge on any atom is -0.468 e. The van der Waals surface area contributed by atoms with Crippen LogP contribution >= 0.6 is 0 Å². The summed E-state index contributed by atoms with van der Waals surface area (Å²) in [7, 11) is 1.24. The average Bonchev–Trinajstić information content (AvgIpc) is 2.35. The quantitative estimate of drug-likeness (QED) is 0.489. The van der Waals surface area contributed by atoms with E-state index in [1.165, 1.54) is 19.2 Å². The van der Waals surface area contributed by atoms with E-state index in [1.54, 1.807) is 6.92 Å². The van der Waals surface area contributed by atoms with Crippen molar-refractivity contribution in [3.05, 3.63) is 39.7 Å². The van der Waals surface area contributed by atoms with Crippen molar-refractivity contribution in [2.45, 2.75) is 19.5 Å². The molecule has 1 N–H and O–H groups in total. The van der Waals surface area contributed by atoms with E-state index >= 15 is 0 Å². The van der Waals surface area contributed by atoms with Gasteiger partial charge in [0.2, 0.25) is 5.82 Å². The number of nitrogens with zero attached hydrogens (tertiary/aromatic N) is 1. The Kier molecular flexibility index (Phi) is 4.73. The van der Waals surface area contributed by atoms with Crippen LogP contribution in [0, 0.1) is 15.9 Å². The molecule has 0 aliphatic carbocycles. The van der Waals surface area contributed by atoms with Gasteiger partial charge in [-0.1, -0.05) is 12.1 Å². The number of hydrogen-bond acceptors (Lipinski definition) is 5. The zero-order valence-corrected chi connectivity index (χ0v) is 9.97. The van der Waals surface area contributed by atoms with Crippen LogP contribution < -0.4 is 5.32 Å². The van der Waals surface area contributed by atoms with E-state index < -0.39 is 28.4 Å². The molecule has 18 heavy (non-hydrogen) atoms. The van der Waals surface area contributed by atoms with Gasteiger partial charge in [-0.15, -0.1) is 0 Å². The van der Waals surface area contributed by atoms with Gasteiger partial charge < -0.3 is 10.1 Å². The number of rotatable bonds is 5. The Hall–Kier alpha value is -2.02. The Bertz CT molecular complexity index is 464. The van der Waals surface area contributed by atoms with Gasteiger partial charge in [-0.25, -0.2) is 0 Å². The number of nitro groups is 1. The molecule has 6 nitrogen and oxygen atoms in total. The van der Waals surface area contributed by atoms with Crippen molar-refractivity contribution in [1.29, 1.82) is 0 Å². The van der Waals surface area contributed by atoms with Crippen molar-refractivity contribution in [2.24, 2.45) is 0 Å². The summed E-state index contributed by atoms with van der Waals surface area (Å²) < 4.78 is 18.1. The topological polar surface area (TPSA) is 81.5 Å². The van der Waals surface area contributed by atoms with Crippen molar-refractivity contribution >= 4 is 11.7 Å². The standard InChI is InChI=1S/C11H13FN2O4/c1-7(11(15)18-2)13-6-8-4-3-5-9(10(8)12)14(16)17/h3-5,7,13H,6H2,1-2H3. The lowest BCUT2D eigenvalue weighted by Crippen LogP contribution is -2.34. The van der Waals surface area contributed by atoms with Crippen molar-refractivity contribution < 1.29 is 18.8 Å². The fourth-order valence-corrected chi connectivity index (χ4v) is 1.37. The zero-order chi connectivity index (χ0) is 13.7. The number of ether oxygens (including phenoxy) is 1. The molecule has 1 rings (SSSR count). The summed E-state index contributed by atoms with van der Waals surface area (Å²) in [6.45, 7) is 1.56. The number of carbonyl (C=O) groups is 1. The van der Waals surface area contributed by atoms with Crippen molar-refractivity contribution in [2.75, 3.05) is 7.11 Å². The first kappa shape index (κ1) is 14.0. The number of methoxy groups -OCH3 is 1. The molecule has 98 valence electrons. The van der Waals surface area contributed by atoms with Crippen molar-refractivity contribution in [3.63, 3.8) is 0 Å². The lowest BCUT2D eigenvalue weighted by molar-refractivity contribution is -0.387. The average molecular weight is 256 g/mol. The van der Waals surface area contributed by atoms with Gasteiger partial charge in [-0.3, -0.25) is 14.9 Å². The summed E-state index contributed by atoms with van der Waals surface area (Å²) in [5, 5.41) is 13.3. The number of carbonyl (C=O) groups excluding carboxylic acids is 1. The minimum absolute atomic E-state index is 0.00375. The summed E-state index contributed by atoms with van der Waals surface area (Å²) >= 11 is 0. The van der Waals surface area contributed by atoms with Gasteiger partial charge in [-0.2, -0.15) is 4.39 Å². The van der Waals surface area contributed by atoms with E-state index in [0.29, 0.717) is 0 Å². The normalized spacial score (nSPS) is 11.9. The molecule has 0 spiro atoms. The number of hydrogen-bond donors (Lipinski definition) is 1. The number of nitrogens with one attached hydrogen (secondary N) is 1. The predicted octanol–water partition coefficient (Wildman–Crippen LogP) is 1.38. The fourth-order valence-electron chi connectivity index (χ4n) is 1.37. The maximum atomic E-state index is 13.7. The highest BCUT2D eigenvalue weighted by Crippen LogP contribution is 2.19. The maximum absolute atomic E-state index is 13.7. The van der Waals surface area contributed by atoms with Gasteiger partial charge in [0.15, 0.2) is 0 Å². The van der Waals surface area contributed by atoms with Crippen molar-refractivity contribution in [3.8, 4) is 0 Å². The predicted molar refractivity (Wildman–Crippen MR) is 61.4 cm³/mol. The molecule has 0 amide bonds. The Morgan fingerprint density at radius 3 is 2.83 bits per heavy atom. The minimum atomic E-state index is -0.896. The fraction of sp³-hybridized carbons (Fsp3) is 0.364. The first-order valence-electron chi connectivity index (χ1n) is 5.20. The number of nitro benzene ring substituents is 1. The summed E-state index contributed by atoms with van der Waals surface area (Å²) in [5.74, 6) is -1.38. The van der Waals surface area contributed by atoms with Crippen LogP contribution in [0.2, 0.25) is 0 Å². The number of esters is 1. The molecule has 1 unspecified atom stereocenters. The van der Waals surface area contributed by atoms with E-state index in [4.69, 9.17) is 0 Å². The molecule has 0 aliphatic heterocycles. The Morgan fingerprint density at radius 1 is 1.61 bits per heavy atom.